The second-order valence-corrected chi connectivity index (χ2v) is 10.4. The molecule has 3 N–H and O–H groups in total. The summed E-state index contributed by atoms with van der Waals surface area (Å²) in [5, 5.41) is 10.2. The number of pyridine rings is 1. The Balaban J connectivity index is 1.67. The number of benzene rings is 3. The number of urea groups is 1. The summed E-state index contributed by atoms with van der Waals surface area (Å²) < 4.78 is 5.57. The van der Waals surface area contributed by atoms with E-state index in [-0.39, 0.29) is 5.91 Å². The fourth-order valence-electron chi connectivity index (χ4n) is 4.54. The van der Waals surface area contributed by atoms with Crippen LogP contribution < -0.4 is 25.6 Å². The van der Waals surface area contributed by atoms with Gasteiger partial charge in [0.05, 0.1) is 23.9 Å². The summed E-state index contributed by atoms with van der Waals surface area (Å²) in [5.41, 5.74) is 3.51. The van der Waals surface area contributed by atoms with Gasteiger partial charge in [-0.05, 0) is 50.5 Å². The second kappa shape index (κ2) is 14.2. The third-order valence-electron chi connectivity index (χ3n) is 6.54. The van der Waals surface area contributed by atoms with Gasteiger partial charge in [0.2, 0.25) is 0 Å². The van der Waals surface area contributed by atoms with E-state index in [1.54, 1.807) is 25.3 Å². The number of ether oxygens (including phenoxy) is 1. The number of likely N-dealkylation sites (N-methyl/N-ethyl adjacent to an activating group) is 1. The number of methoxy groups -OCH3 is 1. The van der Waals surface area contributed by atoms with Gasteiger partial charge >= 0.3 is 6.03 Å². The minimum Gasteiger partial charge on any atom is -0.494 e. The van der Waals surface area contributed by atoms with Crippen molar-refractivity contribution in [3.8, 4) is 5.75 Å². The van der Waals surface area contributed by atoms with E-state index in [0.717, 1.165) is 5.69 Å². The van der Waals surface area contributed by atoms with Gasteiger partial charge in [0.15, 0.2) is 0 Å². The molecule has 11 heteroatoms. The number of hydrogen-bond acceptors (Lipinski definition) is 6. The van der Waals surface area contributed by atoms with E-state index in [9.17, 15) is 9.59 Å². The van der Waals surface area contributed by atoms with Gasteiger partial charge in [-0.15, -0.1) is 23.2 Å². The highest BCUT2D eigenvalue weighted by molar-refractivity contribution is 6.19. The Kier molecular flexibility index (Phi) is 10.5. The zero-order valence-electron chi connectivity index (χ0n) is 23.3. The van der Waals surface area contributed by atoms with Gasteiger partial charge in [0.25, 0.3) is 5.91 Å². The number of aromatic nitrogens is 1. The molecule has 0 radical (unpaired) electrons. The number of fused-ring (bicyclic) bond motifs is 2. The first-order valence-electron chi connectivity index (χ1n) is 13.2. The van der Waals surface area contributed by atoms with E-state index in [4.69, 9.17) is 32.9 Å². The molecule has 0 aliphatic heterocycles. The number of nitrogens with zero attached hydrogens (tertiary/aromatic N) is 3. The number of amides is 3. The standard InChI is InChI=1S/C30H34Cl2N6O3/c1-37(2)19-16-33-29(39)24-8-4-6-22-26(23-7-5-9-25(41-3)28(23)35-27(22)24)36-30(40)34-20-10-12-21(13-11-20)38(17-14-31)18-15-32/h4-13H,14-19H2,1-3H3,(H,33,39)(H2,34,35,36,40). The van der Waals surface area contributed by atoms with Crippen molar-refractivity contribution in [1.82, 2.24) is 15.2 Å². The molecule has 216 valence electrons. The number of para-hydroxylation sites is 2. The van der Waals surface area contributed by atoms with Gasteiger partial charge in [-0.1, -0.05) is 24.3 Å². The zero-order valence-corrected chi connectivity index (χ0v) is 24.9. The maximum Gasteiger partial charge on any atom is 0.323 e. The monoisotopic (exact) mass is 596 g/mol. The molecular formula is C30H34Cl2N6O3. The Hall–Kier alpha value is -3.79. The van der Waals surface area contributed by atoms with Crippen LogP contribution in [0.25, 0.3) is 21.8 Å². The molecule has 4 rings (SSSR count). The first-order chi connectivity index (χ1) is 19.9. The minimum absolute atomic E-state index is 0.243. The number of halogens is 2. The highest BCUT2D eigenvalue weighted by atomic mass is 35.5. The van der Waals surface area contributed by atoms with Crippen LogP contribution in [0.5, 0.6) is 5.75 Å². The van der Waals surface area contributed by atoms with Gasteiger partial charge in [-0.25, -0.2) is 9.78 Å². The summed E-state index contributed by atoms with van der Waals surface area (Å²) in [6.45, 7) is 2.53. The van der Waals surface area contributed by atoms with Crippen molar-refractivity contribution in [2.75, 3.05) is 74.7 Å². The Morgan fingerprint density at radius 2 is 1.51 bits per heavy atom. The van der Waals surface area contributed by atoms with Crippen LogP contribution in [0.3, 0.4) is 0 Å². The number of carbonyl (C=O) groups excluding carboxylic acids is 2. The minimum atomic E-state index is -0.437. The molecule has 0 unspecified atom stereocenters. The predicted octanol–water partition coefficient (Wildman–Crippen LogP) is 5.62. The highest BCUT2D eigenvalue weighted by Crippen LogP contribution is 2.36. The number of carbonyl (C=O) groups is 2. The first kappa shape index (κ1) is 30.2. The Morgan fingerprint density at radius 1 is 0.854 bits per heavy atom. The fraction of sp³-hybridized carbons (Fsp3) is 0.300. The molecule has 3 amide bonds. The van der Waals surface area contributed by atoms with Crippen molar-refractivity contribution >= 4 is 74.0 Å². The molecule has 4 aromatic rings. The van der Waals surface area contributed by atoms with Gasteiger partial charge in [-0.2, -0.15) is 0 Å². The van der Waals surface area contributed by atoms with Crippen molar-refractivity contribution in [3.63, 3.8) is 0 Å². The quantitative estimate of drug-likeness (QED) is 0.145. The third-order valence-corrected chi connectivity index (χ3v) is 6.88. The maximum atomic E-state index is 13.3. The molecule has 1 aromatic heterocycles. The number of anilines is 3. The smallest absolute Gasteiger partial charge is 0.323 e. The number of rotatable bonds is 12. The Morgan fingerprint density at radius 3 is 2.15 bits per heavy atom. The topological polar surface area (TPSA) is 98.8 Å². The zero-order chi connectivity index (χ0) is 29.4. The van der Waals surface area contributed by atoms with Crippen LogP contribution in [0, 0.1) is 0 Å². The summed E-state index contributed by atoms with van der Waals surface area (Å²) >= 11 is 11.9. The van der Waals surface area contributed by atoms with Crippen molar-refractivity contribution in [2.45, 2.75) is 0 Å². The number of nitrogens with one attached hydrogen (secondary N) is 3. The second-order valence-electron chi connectivity index (χ2n) is 9.60. The summed E-state index contributed by atoms with van der Waals surface area (Å²) in [4.78, 5) is 35.3. The predicted molar refractivity (Wildman–Crippen MR) is 169 cm³/mol. The fourth-order valence-corrected chi connectivity index (χ4v) is 4.95. The number of hydrogen-bond donors (Lipinski definition) is 3. The summed E-state index contributed by atoms with van der Waals surface area (Å²) in [7, 11) is 5.45. The largest absolute Gasteiger partial charge is 0.494 e. The third kappa shape index (κ3) is 7.30. The molecule has 9 nitrogen and oxygen atoms in total. The molecule has 0 bridgehead atoms. The van der Waals surface area contributed by atoms with Crippen LogP contribution in [0.1, 0.15) is 10.4 Å². The van der Waals surface area contributed by atoms with Crippen LogP contribution >= 0.6 is 23.2 Å². The van der Waals surface area contributed by atoms with Crippen molar-refractivity contribution < 1.29 is 14.3 Å². The normalized spacial score (nSPS) is 11.1. The number of alkyl halides is 2. The Labute approximate surface area is 249 Å². The summed E-state index contributed by atoms with van der Waals surface area (Å²) in [6.07, 6.45) is 0. The summed E-state index contributed by atoms with van der Waals surface area (Å²) in [6, 6.07) is 17.9. The first-order valence-corrected chi connectivity index (χ1v) is 14.3. The van der Waals surface area contributed by atoms with Gasteiger partial charge < -0.3 is 30.5 Å². The van der Waals surface area contributed by atoms with Crippen LogP contribution in [-0.4, -0.2) is 81.0 Å². The van der Waals surface area contributed by atoms with E-state index in [0.29, 0.717) is 82.4 Å². The average Bonchev–Trinajstić information content (AvgIpc) is 2.96. The Bertz CT molecular complexity index is 1510. The van der Waals surface area contributed by atoms with E-state index in [1.165, 1.54) is 0 Å². The van der Waals surface area contributed by atoms with Crippen LogP contribution in [0.2, 0.25) is 0 Å². The van der Waals surface area contributed by atoms with Crippen LogP contribution in [-0.2, 0) is 0 Å². The van der Waals surface area contributed by atoms with Crippen molar-refractivity contribution in [3.05, 3.63) is 66.2 Å². The van der Waals surface area contributed by atoms with Gasteiger partial charge in [0.1, 0.15) is 11.3 Å². The lowest BCUT2D eigenvalue weighted by molar-refractivity contribution is 0.0952. The van der Waals surface area contributed by atoms with E-state index < -0.39 is 6.03 Å². The van der Waals surface area contributed by atoms with E-state index >= 15 is 0 Å². The lowest BCUT2D eigenvalue weighted by atomic mass is 10.0. The molecular weight excluding hydrogens is 563 g/mol. The molecule has 0 saturated heterocycles. The SMILES string of the molecule is COc1cccc2c(NC(=O)Nc3ccc(N(CCCl)CCCl)cc3)c3cccc(C(=O)NCCN(C)C)c3nc12. The van der Waals surface area contributed by atoms with E-state index in [1.807, 2.05) is 61.5 Å². The van der Waals surface area contributed by atoms with Crippen LogP contribution in [0.15, 0.2) is 60.7 Å². The molecule has 0 spiro atoms. The van der Waals surface area contributed by atoms with Gasteiger partial charge in [0, 0.05) is 60.1 Å². The molecule has 1 heterocycles. The molecule has 3 aromatic carbocycles. The molecule has 0 atom stereocenters. The van der Waals surface area contributed by atoms with Crippen molar-refractivity contribution in [2.24, 2.45) is 0 Å². The molecule has 41 heavy (non-hydrogen) atoms. The van der Waals surface area contributed by atoms with Gasteiger partial charge in [-0.3, -0.25) is 4.79 Å². The van der Waals surface area contributed by atoms with Crippen LogP contribution in [0.4, 0.5) is 21.9 Å². The van der Waals surface area contributed by atoms with E-state index in [2.05, 4.69) is 20.9 Å². The molecule has 0 aliphatic carbocycles. The lowest BCUT2D eigenvalue weighted by Crippen LogP contribution is -2.31. The molecule has 0 aliphatic rings. The summed E-state index contributed by atoms with van der Waals surface area (Å²) in [5.74, 6) is 1.26. The molecule has 0 fully saturated rings. The van der Waals surface area contributed by atoms with Crippen molar-refractivity contribution in [1.29, 1.82) is 0 Å². The maximum absolute atomic E-state index is 13.3. The highest BCUT2D eigenvalue weighted by Gasteiger charge is 2.19. The molecule has 0 saturated carbocycles. The lowest BCUT2D eigenvalue weighted by Gasteiger charge is -2.23. The average molecular weight is 598 g/mol.